The van der Waals surface area contributed by atoms with Crippen molar-refractivity contribution in [3.63, 3.8) is 0 Å². The van der Waals surface area contributed by atoms with Gasteiger partial charge in [0.25, 0.3) is 11.8 Å². The summed E-state index contributed by atoms with van der Waals surface area (Å²) in [4.78, 5) is 27.9. The smallest absolute Gasteiger partial charge is 0.265 e. The monoisotopic (exact) mass is 369 g/mol. The molecule has 0 saturated carbocycles. The Hall–Kier alpha value is -3.66. The lowest BCUT2D eigenvalue weighted by Crippen LogP contribution is -2.42. The molecule has 0 aliphatic carbocycles. The topological polar surface area (TPSA) is 46.6 Å². The number of rotatable bonds is 3. The number of amides is 2. The van der Waals surface area contributed by atoms with Crippen LogP contribution in [0.4, 0.5) is 5.69 Å². The van der Waals surface area contributed by atoms with Crippen LogP contribution in [-0.2, 0) is 4.79 Å². The molecule has 1 aliphatic rings. The lowest BCUT2D eigenvalue weighted by molar-refractivity contribution is -0.112. The van der Waals surface area contributed by atoms with Gasteiger partial charge in [-0.1, -0.05) is 54.6 Å². The molecule has 4 rings (SSSR count). The molecule has 4 nitrogen and oxygen atoms in total. The highest BCUT2D eigenvalue weighted by atomic mass is 16.5. The maximum absolute atomic E-state index is 13.5. The molecule has 0 fully saturated rings. The molecule has 0 N–H and O–H groups in total. The van der Waals surface area contributed by atoms with Crippen LogP contribution in [0.5, 0.6) is 5.75 Å². The van der Waals surface area contributed by atoms with Crippen LogP contribution in [0.2, 0.25) is 0 Å². The van der Waals surface area contributed by atoms with Crippen LogP contribution in [0.25, 0.3) is 11.6 Å². The average molecular weight is 369 g/mol. The quantitative estimate of drug-likeness (QED) is 0.495. The van der Waals surface area contributed by atoms with Crippen molar-refractivity contribution >= 4 is 29.2 Å². The molecule has 138 valence electrons. The molecule has 0 aromatic heterocycles. The first-order valence-electron chi connectivity index (χ1n) is 9.00. The second kappa shape index (κ2) is 7.16. The highest BCUT2D eigenvalue weighted by Crippen LogP contribution is 2.35. The molecule has 2 amide bonds. The van der Waals surface area contributed by atoms with Gasteiger partial charge in [0.05, 0.1) is 12.8 Å². The van der Waals surface area contributed by atoms with Crippen molar-refractivity contribution in [3.05, 3.63) is 95.1 Å². The number of aryl methyl sites for hydroxylation is 1. The highest BCUT2D eigenvalue weighted by Gasteiger charge is 2.36. The summed E-state index contributed by atoms with van der Waals surface area (Å²) in [5.74, 6) is 0.00982. The van der Waals surface area contributed by atoms with E-state index in [4.69, 9.17) is 4.74 Å². The third-order valence-electron chi connectivity index (χ3n) is 4.88. The summed E-state index contributed by atoms with van der Waals surface area (Å²) in [5, 5.41) is 0. The number of anilines is 1. The number of methoxy groups -OCH3 is 1. The molecule has 28 heavy (non-hydrogen) atoms. The maximum Gasteiger partial charge on any atom is 0.265 e. The fraction of sp³-hybridized carbons (Fsp3) is 0.0833. The van der Waals surface area contributed by atoms with E-state index in [0.717, 1.165) is 11.1 Å². The Labute approximate surface area is 163 Å². The third kappa shape index (κ3) is 2.89. The van der Waals surface area contributed by atoms with Crippen molar-refractivity contribution < 1.29 is 14.3 Å². The largest absolute Gasteiger partial charge is 0.496 e. The van der Waals surface area contributed by atoms with Crippen LogP contribution in [0.1, 0.15) is 27.0 Å². The minimum atomic E-state index is -0.344. The fourth-order valence-electron chi connectivity index (χ4n) is 3.47. The first-order chi connectivity index (χ1) is 13.6. The molecule has 0 bridgehead atoms. The van der Waals surface area contributed by atoms with Crippen molar-refractivity contribution in [1.82, 2.24) is 0 Å². The lowest BCUT2D eigenvalue weighted by Gasteiger charge is -2.29. The third-order valence-corrected chi connectivity index (χ3v) is 4.88. The molecule has 0 spiro atoms. The Balaban J connectivity index is 1.94. The van der Waals surface area contributed by atoms with Gasteiger partial charge in [0.1, 0.15) is 5.75 Å². The van der Waals surface area contributed by atoms with Gasteiger partial charge in [-0.15, -0.1) is 0 Å². The van der Waals surface area contributed by atoms with E-state index in [2.05, 4.69) is 0 Å². The van der Waals surface area contributed by atoms with E-state index in [-0.39, 0.29) is 11.8 Å². The number of nitrogens with zero attached hydrogens (tertiary/aromatic N) is 1. The number of para-hydroxylation sites is 2. The molecule has 0 radical (unpaired) electrons. The zero-order valence-corrected chi connectivity index (χ0v) is 15.7. The minimum absolute atomic E-state index is 0.313. The van der Waals surface area contributed by atoms with Crippen LogP contribution in [0.15, 0.2) is 72.8 Å². The molecule has 0 saturated heterocycles. The number of carbonyl (C=O) groups excluding carboxylic acids is 2. The number of ether oxygens (including phenoxy) is 1. The van der Waals surface area contributed by atoms with Crippen LogP contribution < -0.4 is 9.64 Å². The summed E-state index contributed by atoms with van der Waals surface area (Å²) in [5.41, 5.74) is 3.84. The second-order valence-corrected chi connectivity index (χ2v) is 6.58. The van der Waals surface area contributed by atoms with E-state index in [1.807, 2.05) is 67.6 Å². The van der Waals surface area contributed by atoms with Crippen LogP contribution >= 0.6 is 0 Å². The molecule has 3 aromatic rings. The molecule has 1 aliphatic heterocycles. The molecule has 4 heteroatoms. The fourth-order valence-corrected chi connectivity index (χ4v) is 3.47. The zero-order chi connectivity index (χ0) is 19.7. The first kappa shape index (κ1) is 17.7. The van der Waals surface area contributed by atoms with Gasteiger partial charge in [-0.25, -0.2) is 4.90 Å². The maximum atomic E-state index is 13.5. The van der Waals surface area contributed by atoms with E-state index in [1.165, 1.54) is 4.90 Å². The Morgan fingerprint density at radius 1 is 0.786 bits per heavy atom. The molecule has 0 unspecified atom stereocenters. The Kier molecular flexibility index (Phi) is 4.53. The number of carbonyl (C=O) groups is 2. The molecule has 1 heterocycles. The van der Waals surface area contributed by atoms with Gasteiger partial charge in [-0.3, -0.25) is 9.59 Å². The summed E-state index contributed by atoms with van der Waals surface area (Å²) >= 11 is 0. The van der Waals surface area contributed by atoms with E-state index in [9.17, 15) is 9.59 Å². The van der Waals surface area contributed by atoms with Gasteiger partial charge in [0.2, 0.25) is 0 Å². The summed E-state index contributed by atoms with van der Waals surface area (Å²) in [6, 6.07) is 22.1. The minimum Gasteiger partial charge on any atom is -0.496 e. The predicted molar refractivity (Wildman–Crippen MR) is 110 cm³/mol. The van der Waals surface area contributed by atoms with Crippen molar-refractivity contribution in [2.75, 3.05) is 12.0 Å². The average Bonchev–Trinajstić information content (AvgIpc) is 2.73. The van der Waals surface area contributed by atoms with Crippen molar-refractivity contribution in [2.45, 2.75) is 6.92 Å². The van der Waals surface area contributed by atoms with Gasteiger partial charge in [0.15, 0.2) is 0 Å². The highest BCUT2D eigenvalue weighted by molar-refractivity contribution is 6.43. The summed E-state index contributed by atoms with van der Waals surface area (Å²) in [7, 11) is 1.59. The van der Waals surface area contributed by atoms with Gasteiger partial charge < -0.3 is 4.74 Å². The van der Waals surface area contributed by atoms with Gasteiger partial charge in [-0.2, -0.15) is 0 Å². The molecular weight excluding hydrogens is 350 g/mol. The van der Waals surface area contributed by atoms with Crippen molar-refractivity contribution in [2.24, 2.45) is 0 Å². The van der Waals surface area contributed by atoms with Crippen LogP contribution in [0, 0.1) is 6.92 Å². The van der Waals surface area contributed by atoms with Crippen LogP contribution in [-0.4, -0.2) is 18.9 Å². The number of imide groups is 1. The summed E-state index contributed by atoms with van der Waals surface area (Å²) in [6.07, 6.45) is 1.79. The van der Waals surface area contributed by atoms with Gasteiger partial charge in [-0.05, 0) is 42.3 Å². The lowest BCUT2D eigenvalue weighted by atomic mass is 9.91. The first-order valence-corrected chi connectivity index (χ1v) is 9.00. The van der Waals surface area contributed by atoms with Crippen molar-refractivity contribution in [1.29, 1.82) is 0 Å². The Bertz CT molecular complexity index is 1110. The van der Waals surface area contributed by atoms with E-state index < -0.39 is 0 Å². The van der Waals surface area contributed by atoms with E-state index in [1.54, 1.807) is 25.3 Å². The van der Waals surface area contributed by atoms with Crippen molar-refractivity contribution in [3.8, 4) is 5.75 Å². The van der Waals surface area contributed by atoms with E-state index in [0.29, 0.717) is 28.1 Å². The normalized spacial score (nSPS) is 14.9. The Morgan fingerprint density at radius 3 is 2.18 bits per heavy atom. The summed E-state index contributed by atoms with van der Waals surface area (Å²) in [6.45, 7) is 1.89. The SMILES string of the molecule is COc1ccccc1/C=C1\C(=O)N(c2ccccc2C)C(=O)c2ccccc21. The summed E-state index contributed by atoms with van der Waals surface area (Å²) < 4.78 is 5.43. The number of fused-ring (bicyclic) bond motifs is 1. The number of hydrogen-bond donors (Lipinski definition) is 0. The molecule has 3 aromatic carbocycles. The second-order valence-electron chi connectivity index (χ2n) is 6.58. The zero-order valence-electron chi connectivity index (χ0n) is 15.7. The van der Waals surface area contributed by atoms with Gasteiger partial charge >= 0.3 is 0 Å². The molecule has 0 atom stereocenters. The van der Waals surface area contributed by atoms with Gasteiger partial charge in [0, 0.05) is 16.7 Å². The standard InChI is InChI=1S/C24H19NO3/c1-16-9-3-7-13-21(16)25-23(26)19-12-6-5-11-18(19)20(24(25)27)15-17-10-4-8-14-22(17)28-2/h3-15H,1-2H3/b20-15-. The van der Waals surface area contributed by atoms with E-state index >= 15 is 0 Å². The predicted octanol–water partition coefficient (Wildman–Crippen LogP) is 4.73. The number of hydrogen-bond acceptors (Lipinski definition) is 3. The molecular formula is C24H19NO3. The number of benzene rings is 3. The Morgan fingerprint density at radius 2 is 1.43 bits per heavy atom. The van der Waals surface area contributed by atoms with Crippen LogP contribution in [0.3, 0.4) is 0 Å².